The summed E-state index contributed by atoms with van der Waals surface area (Å²) in [5, 5.41) is 3.14. The molecule has 0 aromatic heterocycles. The predicted molar refractivity (Wildman–Crippen MR) is 75.4 cm³/mol. The first-order valence-corrected chi connectivity index (χ1v) is 6.05. The van der Waals surface area contributed by atoms with Crippen LogP contribution in [-0.2, 0) is 0 Å². The van der Waals surface area contributed by atoms with Crippen molar-refractivity contribution >= 4 is 17.5 Å². The van der Waals surface area contributed by atoms with Crippen LogP contribution in [0.15, 0.2) is 54.2 Å². The van der Waals surface area contributed by atoms with Gasteiger partial charge in [0.15, 0.2) is 0 Å². The number of methoxy groups -OCH3 is 1. The van der Waals surface area contributed by atoms with Crippen LogP contribution >= 0.6 is 0 Å². The number of benzene rings is 2. The molecule has 1 aliphatic heterocycles. The lowest BCUT2D eigenvalue weighted by Crippen LogP contribution is -2.00. The number of fused-ring (bicyclic) bond motifs is 1. The number of carbonyl (C=O) groups excluding carboxylic acids is 1. The summed E-state index contributed by atoms with van der Waals surface area (Å²) in [6, 6.07) is 15.1. The standard InChI is InChI=1S/C16H13NO2/c1-19-15-9-5-2-6-11(15)10-14-16(18)12-7-3-4-8-13(12)17-14/h2-10,17H,1H3/b14-10+. The van der Waals surface area contributed by atoms with E-state index < -0.39 is 0 Å². The van der Waals surface area contributed by atoms with E-state index in [0.717, 1.165) is 17.0 Å². The van der Waals surface area contributed by atoms with Crippen LogP contribution in [0.25, 0.3) is 6.08 Å². The summed E-state index contributed by atoms with van der Waals surface area (Å²) in [6.07, 6.45) is 1.82. The van der Waals surface area contributed by atoms with Gasteiger partial charge in [0.25, 0.3) is 0 Å². The van der Waals surface area contributed by atoms with Gasteiger partial charge in [0.2, 0.25) is 5.78 Å². The van der Waals surface area contributed by atoms with Crippen LogP contribution in [0.1, 0.15) is 15.9 Å². The average molecular weight is 251 g/mol. The lowest BCUT2D eigenvalue weighted by Gasteiger charge is -2.05. The Morgan fingerprint density at radius 2 is 1.79 bits per heavy atom. The number of hydrogen-bond donors (Lipinski definition) is 1. The summed E-state index contributed by atoms with van der Waals surface area (Å²) in [6.45, 7) is 0. The zero-order valence-corrected chi connectivity index (χ0v) is 10.5. The minimum Gasteiger partial charge on any atom is -0.496 e. The summed E-state index contributed by atoms with van der Waals surface area (Å²) in [4.78, 5) is 12.2. The van der Waals surface area contributed by atoms with E-state index in [1.165, 1.54) is 0 Å². The van der Waals surface area contributed by atoms with Crippen LogP contribution in [0.3, 0.4) is 0 Å². The molecule has 1 N–H and O–H groups in total. The monoisotopic (exact) mass is 251 g/mol. The number of allylic oxidation sites excluding steroid dienone is 1. The molecule has 0 spiro atoms. The molecule has 94 valence electrons. The molecule has 19 heavy (non-hydrogen) atoms. The maximum absolute atomic E-state index is 12.2. The fourth-order valence-electron chi connectivity index (χ4n) is 2.18. The Kier molecular flexibility index (Phi) is 2.80. The summed E-state index contributed by atoms with van der Waals surface area (Å²) in [7, 11) is 1.62. The maximum atomic E-state index is 12.2. The van der Waals surface area contributed by atoms with Crippen molar-refractivity contribution in [2.75, 3.05) is 12.4 Å². The largest absolute Gasteiger partial charge is 0.496 e. The molecule has 0 aliphatic carbocycles. The second-order valence-electron chi connectivity index (χ2n) is 4.30. The zero-order chi connectivity index (χ0) is 13.2. The average Bonchev–Trinajstić information content (AvgIpc) is 2.77. The van der Waals surface area contributed by atoms with Crippen molar-refractivity contribution in [2.24, 2.45) is 0 Å². The van der Waals surface area contributed by atoms with E-state index >= 15 is 0 Å². The quantitative estimate of drug-likeness (QED) is 0.832. The van der Waals surface area contributed by atoms with Crippen molar-refractivity contribution < 1.29 is 9.53 Å². The molecule has 0 saturated heterocycles. The molecule has 0 saturated carbocycles. The lowest BCUT2D eigenvalue weighted by atomic mass is 10.1. The van der Waals surface area contributed by atoms with Crippen LogP contribution in [0, 0.1) is 0 Å². The Balaban J connectivity index is 2.01. The summed E-state index contributed by atoms with van der Waals surface area (Å²) < 4.78 is 5.28. The molecular formula is C16H13NO2. The molecule has 0 radical (unpaired) electrons. The zero-order valence-electron chi connectivity index (χ0n) is 10.5. The third-order valence-corrected chi connectivity index (χ3v) is 3.12. The highest BCUT2D eigenvalue weighted by Gasteiger charge is 2.23. The number of ketones is 1. The SMILES string of the molecule is COc1ccccc1/C=C1/Nc2ccccc2C1=O. The normalized spacial score (nSPS) is 15.2. The Hall–Kier alpha value is -2.55. The van der Waals surface area contributed by atoms with Gasteiger partial charge in [0.1, 0.15) is 5.75 Å². The number of Topliss-reactive ketones (excluding diaryl/α,β-unsaturated/α-hetero) is 1. The third-order valence-electron chi connectivity index (χ3n) is 3.12. The Morgan fingerprint density at radius 3 is 2.58 bits per heavy atom. The van der Waals surface area contributed by atoms with E-state index in [1.54, 1.807) is 7.11 Å². The van der Waals surface area contributed by atoms with Gasteiger partial charge in [-0.15, -0.1) is 0 Å². The first-order chi connectivity index (χ1) is 9.29. The predicted octanol–water partition coefficient (Wildman–Crippen LogP) is 3.34. The molecule has 0 bridgehead atoms. The molecule has 1 heterocycles. The molecule has 0 unspecified atom stereocenters. The van der Waals surface area contributed by atoms with Crippen molar-refractivity contribution in [2.45, 2.75) is 0 Å². The van der Waals surface area contributed by atoms with Gasteiger partial charge in [-0.1, -0.05) is 30.3 Å². The Morgan fingerprint density at radius 1 is 1.05 bits per heavy atom. The van der Waals surface area contributed by atoms with Gasteiger partial charge in [-0.2, -0.15) is 0 Å². The molecule has 2 aromatic rings. The fraction of sp³-hybridized carbons (Fsp3) is 0.0625. The van der Waals surface area contributed by atoms with Crippen LogP contribution in [-0.4, -0.2) is 12.9 Å². The number of hydrogen-bond acceptors (Lipinski definition) is 3. The minimum absolute atomic E-state index is 0.0153. The molecule has 0 atom stereocenters. The summed E-state index contributed by atoms with van der Waals surface area (Å²) >= 11 is 0. The highest BCUT2D eigenvalue weighted by atomic mass is 16.5. The molecule has 3 heteroatoms. The van der Waals surface area contributed by atoms with Crippen molar-refractivity contribution in [3.05, 3.63) is 65.4 Å². The van der Waals surface area contributed by atoms with E-state index in [4.69, 9.17) is 4.74 Å². The molecule has 3 nitrogen and oxygen atoms in total. The Labute approximate surface area is 111 Å². The van der Waals surface area contributed by atoms with Gasteiger partial charge in [0.05, 0.1) is 12.8 Å². The third kappa shape index (κ3) is 1.99. The molecule has 0 fully saturated rings. The van der Waals surface area contributed by atoms with Crippen molar-refractivity contribution in [3.8, 4) is 5.75 Å². The fourth-order valence-corrected chi connectivity index (χ4v) is 2.18. The minimum atomic E-state index is 0.0153. The van der Waals surface area contributed by atoms with Crippen molar-refractivity contribution in [3.63, 3.8) is 0 Å². The molecule has 0 amide bonds. The van der Waals surface area contributed by atoms with E-state index in [2.05, 4.69) is 5.32 Å². The molecule has 3 rings (SSSR count). The van der Waals surface area contributed by atoms with Crippen LogP contribution < -0.4 is 10.1 Å². The smallest absolute Gasteiger partial charge is 0.211 e. The second kappa shape index (κ2) is 4.61. The topological polar surface area (TPSA) is 38.3 Å². The summed E-state index contributed by atoms with van der Waals surface area (Å²) in [5.74, 6) is 0.766. The maximum Gasteiger partial charge on any atom is 0.211 e. The van der Waals surface area contributed by atoms with Crippen LogP contribution in [0.5, 0.6) is 5.75 Å². The van der Waals surface area contributed by atoms with Crippen molar-refractivity contribution in [1.82, 2.24) is 0 Å². The van der Waals surface area contributed by atoms with E-state index in [1.807, 2.05) is 54.6 Å². The van der Waals surface area contributed by atoms with Gasteiger partial charge in [0, 0.05) is 16.8 Å². The summed E-state index contributed by atoms with van der Waals surface area (Å²) in [5.41, 5.74) is 3.02. The van der Waals surface area contributed by atoms with Gasteiger partial charge >= 0.3 is 0 Å². The number of para-hydroxylation sites is 2. The second-order valence-corrected chi connectivity index (χ2v) is 4.30. The molecule has 2 aromatic carbocycles. The first kappa shape index (κ1) is 11.5. The van der Waals surface area contributed by atoms with Crippen LogP contribution in [0.4, 0.5) is 5.69 Å². The van der Waals surface area contributed by atoms with Crippen LogP contribution in [0.2, 0.25) is 0 Å². The van der Waals surface area contributed by atoms with E-state index in [0.29, 0.717) is 11.3 Å². The number of ether oxygens (including phenoxy) is 1. The molecular weight excluding hydrogens is 238 g/mol. The van der Waals surface area contributed by atoms with Gasteiger partial charge in [-0.05, 0) is 24.3 Å². The highest BCUT2D eigenvalue weighted by molar-refractivity contribution is 6.20. The first-order valence-electron chi connectivity index (χ1n) is 6.05. The number of anilines is 1. The number of nitrogens with one attached hydrogen (secondary N) is 1. The Bertz CT molecular complexity index is 674. The van der Waals surface area contributed by atoms with Gasteiger partial charge in [-0.3, -0.25) is 4.79 Å². The van der Waals surface area contributed by atoms with Crippen molar-refractivity contribution in [1.29, 1.82) is 0 Å². The van der Waals surface area contributed by atoms with Gasteiger partial charge < -0.3 is 10.1 Å². The van der Waals surface area contributed by atoms with E-state index in [-0.39, 0.29) is 5.78 Å². The highest BCUT2D eigenvalue weighted by Crippen LogP contribution is 2.30. The van der Waals surface area contributed by atoms with Gasteiger partial charge in [-0.25, -0.2) is 0 Å². The lowest BCUT2D eigenvalue weighted by molar-refractivity contribution is 0.104. The number of carbonyl (C=O) groups is 1. The molecule has 1 aliphatic rings. The number of rotatable bonds is 2. The van der Waals surface area contributed by atoms with E-state index in [9.17, 15) is 4.79 Å².